The van der Waals surface area contributed by atoms with E-state index in [9.17, 15) is 8.78 Å². The number of hydrogen-bond acceptors (Lipinski definition) is 2. The third-order valence-corrected chi connectivity index (χ3v) is 1.71. The zero-order valence-electron chi connectivity index (χ0n) is 7.86. The first kappa shape index (κ1) is 11.8. The molecule has 0 rings (SSSR count). The Bertz CT molecular complexity index is 119. The zero-order valence-corrected chi connectivity index (χ0v) is 7.86. The lowest BCUT2D eigenvalue weighted by atomic mass is 9.99. The van der Waals surface area contributed by atoms with Crippen molar-refractivity contribution in [2.45, 2.75) is 26.2 Å². The van der Waals surface area contributed by atoms with E-state index in [1.54, 1.807) is 6.92 Å². The van der Waals surface area contributed by atoms with E-state index in [4.69, 9.17) is 9.47 Å². The van der Waals surface area contributed by atoms with Crippen LogP contribution >= 0.6 is 0 Å². The summed E-state index contributed by atoms with van der Waals surface area (Å²) in [7, 11) is 2.65. The average molecular weight is 181 g/mol. The Labute approximate surface area is 71.9 Å². The Hall–Kier alpha value is -0.220. The van der Waals surface area contributed by atoms with E-state index in [1.807, 2.05) is 0 Å². The second-order valence-electron chi connectivity index (χ2n) is 2.64. The Balaban J connectivity index is 4.31. The molecule has 0 saturated carbocycles. The molecule has 0 bridgehead atoms. The minimum absolute atomic E-state index is 0.00926. The van der Waals surface area contributed by atoms with Gasteiger partial charge in [0, 0.05) is 14.2 Å². The molecule has 2 nitrogen and oxygen atoms in total. The molecule has 0 N–H and O–H groups in total. The SMILES string of the molecule is CCC([C](OC)OC)C(C)(F)F. The van der Waals surface area contributed by atoms with Crippen LogP contribution in [0.15, 0.2) is 0 Å². The van der Waals surface area contributed by atoms with Crippen LogP contribution in [0.3, 0.4) is 0 Å². The second-order valence-corrected chi connectivity index (χ2v) is 2.64. The van der Waals surface area contributed by atoms with Crippen molar-refractivity contribution in [3.05, 3.63) is 6.29 Å². The summed E-state index contributed by atoms with van der Waals surface area (Å²) in [6.45, 7) is 2.53. The van der Waals surface area contributed by atoms with E-state index in [-0.39, 0.29) is 6.29 Å². The summed E-state index contributed by atoms with van der Waals surface area (Å²) in [4.78, 5) is 0. The van der Waals surface area contributed by atoms with Gasteiger partial charge in [-0.05, 0) is 13.3 Å². The fourth-order valence-corrected chi connectivity index (χ4v) is 1.10. The third kappa shape index (κ3) is 3.03. The highest BCUT2D eigenvalue weighted by Gasteiger charge is 2.40. The lowest BCUT2D eigenvalue weighted by Gasteiger charge is -2.26. The molecule has 1 atom stereocenters. The van der Waals surface area contributed by atoms with Gasteiger partial charge in [-0.2, -0.15) is 0 Å². The Morgan fingerprint density at radius 2 is 1.75 bits per heavy atom. The minimum Gasteiger partial charge on any atom is -0.348 e. The van der Waals surface area contributed by atoms with Crippen LogP contribution in [0.2, 0.25) is 0 Å². The van der Waals surface area contributed by atoms with Gasteiger partial charge in [0.05, 0.1) is 5.92 Å². The zero-order chi connectivity index (χ0) is 9.78. The molecule has 4 heteroatoms. The largest absolute Gasteiger partial charge is 0.348 e. The molecular formula is C8H15F2O2. The van der Waals surface area contributed by atoms with Crippen LogP contribution in [0.4, 0.5) is 8.78 Å². The van der Waals surface area contributed by atoms with Gasteiger partial charge in [-0.1, -0.05) is 6.92 Å². The van der Waals surface area contributed by atoms with Crippen molar-refractivity contribution in [3.8, 4) is 0 Å². The van der Waals surface area contributed by atoms with Crippen molar-refractivity contribution in [2.24, 2.45) is 5.92 Å². The molecule has 0 aromatic heterocycles. The molecule has 0 aromatic carbocycles. The van der Waals surface area contributed by atoms with Crippen molar-refractivity contribution in [3.63, 3.8) is 0 Å². The standard InChI is InChI=1S/C8H15F2O2/c1-5-6(8(2,9)10)7(11-3)12-4/h6H,5H2,1-4H3. The molecule has 0 fully saturated rings. The summed E-state index contributed by atoms with van der Waals surface area (Å²) in [6, 6.07) is 0. The number of alkyl halides is 2. The van der Waals surface area contributed by atoms with Crippen LogP contribution in [-0.4, -0.2) is 20.1 Å². The van der Waals surface area contributed by atoms with E-state index in [1.165, 1.54) is 14.2 Å². The number of rotatable bonds is 5. The lowest BCUT2D eigenvalue weighted by Crippen LogP contribution is -2.31. The maximum Gasteiger partial charge on any atom is 0.253 e. The molecule has 0 amide bonds. The molecule has 0 aliphatic rings. The highest BCUT2D eigenvalue weighted by Crippen LogP contribution is 2.34. The quantitative estimate of drug-likeness (QED) is 0.648. The van der Waals surface area contributed by atoms with Gasteiger partial charge in [0.15, 0.2) is 0 Å². The van der Waals surface area contributed by atoms with Crippen LogP contribution in [0, 0.1) is 12.2 Å². The van der Waals surface area contributed by atoms with Gasteiger partial charge in [-0.25, -0.2) is 8.78 Å². The van der Waals surface area contributed by atoms with Crippen molar-refractivity contribution < 1.29 is 18.3 Å². The molecule has 12 heavy (non-hydrogen) atoms. The fourth-order valence-electron chi connectivity index (χ4n) is 1.10. The fraction of sp³-hybridized carbons (Fsp3) is 0.875. The number of methoxy groups -OCH3 is 2. The highest BCUT2D eigenvalue weighted by molar-refractivity contribution is 4.85. The minimum atomic E-state index is -2.80. The van der Waals surface area contributed by atoms with E-state index in [0.717, 1.165) is 6.92 Å². The average Bonchev–Trinajstić information content (AvgIpc) is 1.97. The normalized spacial score (nSPS) is 15.2. The van der Waals surface area contributed by atoms with Gasteiger partial charge < -0.3 is 9.47 Å². The molecule has 0 aromatic rings. The van der Waals surface area contributed by atoms with Crippen LogP contribution < -0.4 is 0 Å². The van der Waals surface area contributed by atoms with Crippen LogP contribution in [0.5, 0.6) is 0 Å². The van der Waals surface area contributed by atoms with E-state index in [0.29, 0.717) is 6.42 Å². The summed E-state index contributed by atoms with van der Waals surface area (Å²) in [6.07, 6.45) is 0.283. The van der Waals surface area contributed by atoms with Crippen LogP contribution in [0.25, 0.3) is 0 Å². The molecule has 73 valence electrons. The van der Waals surface area contributed by atoms with Gasteiger partial charge in [0.25, 0.3) is 5.92 Å². The maximum absolute atomic E-state index is 12.8. The molecular weight excluding hydrogens is 166 g/mol. The summed E-state index contributed by atoms with van der Waals surface area (Å²) >= 11 is 0. The van der Waals surface area contributed by atoms with Gasteiger partial charge in [-0.15, -0.1) is 0 Å². The summed E-state index contributed by atoms with van der Waals surface area (Å²) < 4.78 is 35.0. The Kier molecular flexibility index (Phi) is 4.63. The first-order valence-corrected chi connectivity index (χ1v) is 3.80. The summed E-state index contributed by atoms with van der Waals surface area (Å²) in [5, 5.41) is 0. The first-order chi connectivity index (χ1) is 5.47. The predicted octanol–water partition coefficient (Wildman–Crippen LogP) is 2.45. The van der Waals surface area contributed by atoms with E-state index >= 15 is 0 Å². The van der Waals surface area contributed by atoms with E-state index < -0.39 is 11.8 Å². The second kappa shape index (κ2) is 4.72. The van der Waals surface area contributed by atoms with Gasteiger partial charge in [0.1, 0.15) is 0 Å². The molecule has 1 radical (unpaired) electrons. The molecule has 0 aliphatic carbocycles. The Morgan fingerprint density at radius 1 is 1.33 bits per heavy atom. The number of halogens is 2. The van der Waals surface area contributed by atoms with Crippen molar-refractivity contribution in [2.75, 3.05) is 14.2 Å². The predicted molar refractivity (Wildman–Crippen MR) is 41.7 cm³/mol. The van der Waals surface area contributed by atoms with Gasteiger partial charge in [-0.3, -0.25) is 0 Å². The van der Waals surface area contributed by atoms with Crippen LogP contribution in [-0.2, 0) is 9.47 Å². The van der Waals surface area contributed by atoms with Crippen molar-refractivity contribution in [1.29, 1.82) is 0 Å². The summed E-state index contributed by atoms with van der Waals surface area (Å²) in [5.41, 5.74) is 0. The van der Waals surface area contributed by atoms with Crippen molar-refractivity contribution >= 4 is 0 Å². The van der Waals surface area contributed by atoms with Gasteiger partial charge >= 0.3 is 0 Å². The Morgan fingerprint density at radius 3 is 1.83 bits per heavy atom. The monoisotopic (exact) mass is 181 g/mol. The number of hydrogen-bond donors (Lipinski definition) is 0. The molecule has 1 unspecified atom stereocenters. The van der Waals surface area contributed by atoms with E-state index in [2.05, 4.69) is 0 Å². The van der Waals surface area contributed by atoms with Crippen LogP contribution in [0.1, 0.15) is 20.3 Å². The molecule has 0 spiro atoms. The van der Waals surface area contributed by atoms with Gasteiger partial charge in [0.2, 0.25) is 6.29 Å². The summed E-state index contributed by atoms with van der Waals surface area (Å²) in [5.74, 6) is -3.76. The molecule has 0 heterocycles. The molecule has 0 saturated heterocycles. The number of ether oxygens (including phenoxy) is 2. The smallest absolute Gasteiger partial charge is 0.253 e. The topological polar surface area (TPSA) is 18.5 Å². The maximum atomic E-state index is 12.8. The highest BCUT2D eigenvalue weighted by atomic mass is 19.3. The molecule has 0 aliphatic heterocycles. The lowest BCUT2D eigenvalue weighted by molar-refractivity contribution is -0.125. The van der Waals surface area contributed by atoms with Crippen molar-refractivity contribution in [1.82, 2.24) is 0 Å². The third-order valence-electron chi connectivity index (χ3n) is 1.71. The first-order valence-electron chi connectivity index (χ1n) is 3.80.